The van der Waals surface area contributed by atoms with Crippen molar-refractivity contribution in [1.29, 1.82) is 0 Å². The van der Waals surface area contributed by atoms with Gasteiger partial charge in [0.05, 0.1) is 12.0 Å². The minimum atomic E-state index is -0.568. The van der Waals surface area contributed by atoms with Gasteiger partial charge in [0, 0.05) is 30.2 Å². The quantitative estimate of drug-likeness (QED) is 0.411. The van der Waals surface area contributed by atoms with Crippen molar-refractivity contribution in [2.24, 2.45) is 29.6 Å². The summed E-state index contributed by atoms with van der Waals surface area (Å²) in [6.07, 6.45) is 5.38. The standard InChI is InChI=1S/C26H37NO5/c1-15-8-6-10-18(27(15)25(30)32-26(3,4)5)12-13-19-22-16(2)31-24(29)20(22)14-17-9-7-11-21(28)23(17)19/h15-20,22-23H,6-11,14H2,1-5H3/t15-,16-,17+,18+,19-,20-,22+,23-/m0/s1. The Morgan fingerprint density at radius 1 is 1.09 bits per heavy atom. The van der Waals surface area contributed by atoms with Gasteiger partial charge in [-0.1, -0.05) is 11.8 Å². The van der Waals surface area contributed by atoms with Crippen LogP contribution in [0.5, 0.6) is 0 Å². The normalized spacial score (nSPS) is 39.3. The predicted molar refractivity (Wildman–Crippen MR) is 119 cm³/mol. The zero-order valence-electron chi connectivity index (χ0n) is 20.1. The molecule has 2 aliphatic carbocycles. The van der Waals surface area contributed by atoms with Crippen LogP contribution in [0.2, 0.25) is 0 Å². The van der Waals surface area contributed by atoms with Gasteiger partial charge in [-0.3, -0.25) is 14.5 Å². The van der Waals surface area contributed by atoms with Crippen molar-refractivity contribution in [3.63, 3.8) is 0 Å². The van der Waals surface area contributed by atoms with Crippen LogP contribution >= 0.6 is 0 Å². The van der Waals surface area contributed by atoms with Crippen LogP contribution in [0.3, 0.4) is 0 Å². The summed E-state index contributed by atoms with van der Waals surface area (Å²) in [5.41, 5.74) is -0.568. The van der Waals surface area contributed by atoms with E-state index in [-0.39, 0.29) is 65.6 Å². The number of cyclic esters (lactones) is 1. The van der Waals surface area contributed by atoms with Crippen molar-refractivity contribution in [2.45, 2.75) is 103 Å². The summed E-state index contributed by atoms with van der Waals surface area (Å²) >= 11 is 0. The minimum Gasteiger partial charge on any atom is -0.462 e. The largest absolute Gasteiger partial charge is 0.462 e. The van der Waals surface area contributed by atoms with Gasteiger partial charge in [-0.05, 0) is 79.1 Å². The van der Waals surface area contributed by atoms with Crippen LogP contribution in [-0.2, 0) is 19.1 Å². The molecule has 176 valence electrons. The average molecular weight is 444 g/mol. The summed E-state index contributed by atoms with van der Waals surface area (Å²) in [7, 11) is 0. The molecule has 0 bridgehead atoms. The number of hydrogen-bond acceptors (Lipinski definition) is 5. The lowest BCUT2D eigenvalue weighted by Gasteiger charge is -2.44. The number of amides is 1. The number of ketones is 1. The summed E-state index contributed by atoms with van der Waals surface area (Å²) in [4.78, 5) is 40.2. The third kappa shape index (κ3) is 4.40. The molecule has 4 aliphatic rings. The Morgan fingerprint density at radius 2 is 1.84 bits per heavy atom. The number of likely N-dealkylation sites (tertiary alicyclic amines) is 1. The highest BCUT2D eigenvalue weighted by atomic mass is 16.6. The summed E-state index contributed by atoms with van der Waals surface area (Å²) in [5, 5.41) is 0. The monoisotopic (exact) mass is 443 g/mol. The lowest BCUT2D eigenvalue weighted by atomic mass is 9.57. The number of Topliss-reactive ketones (excluding diaryl/α,β-unsaturated/α-hetero) is 1. The van der Waals surface area contributed by atoms with Crippen LogP contribution in [0.25, 0.3) is 0 Å². The second-order valence-electron chi connectivity index (χ2n) is 11.2. The smallest absolute Gasteiger partial charge is 0.411 e. The van der Waals surface area contributed by atoms with E-state index in [2.05, 4.69) is 11.8 Å². The van der Waals surface area contributed by atoms with E-state index in [1.807, 2.05) is 34.6 Å². The Balaban J connectivity index is 1.64. The van der Waals surface area contributed by atoms with Crippen molar-refractivity contribution in [1.82, 2.24) is 4.90 Å². The molecule has 8 atom stereocenters. The second-order valence-corrected chi connectivity index (χ2v) is 11.2. The molecule has 0 aromatic rings. The molecule has 0 aromatic carbocycles. The number of carbonyl (C=O) groups excluding carboxylic acids is 3. The number of nitrogens with zero attached hydrogens (tertiary/aromatic N) is 1. The molecule has 0 aromatic heterocycles. The Morgan fingerprint density at radius 3 is 2.56 bits per heavy atom. The van der Waals surface area contributed by atoms with Gasteiger partial charge < -0.3 is 9.47 Å². The van der Waals surface area contributed by atoms with Gasteiger partial charge in [0.2, 0.25) is 0 Å². The van der Waals surface area contributed by atoms with Gasteiger partial charge in [0.1, 0.15) is 17.5 Å². The van der Waals surface area contributed by atoms with Gasteiger partial charge >= 0.3 is 12.1 Å². The average Bonchev–Trinajstić information content (AvgIpc) is 2.97. The zero-order valence-corrected chi connectivity index (χ0v) is 20.1. The number of piperidine rings is 1. The third-order valence-corrected chi connectivity index (χ3v) is 7.78. The van der Waals surface area contributed by atoms with Crippen LogP contribution in [0.15, 0.2) is 0 Å². The van der Waals surface area contributed by atoms with E-state index in [9.17, 15) is 14.4 Å². The molecular weight excluding hydrogens is 406 g/mol. The van der Waals surface area contributed by atoms with E-state index < -0.39 is 5.60 Å². The summed E-state index contributed by atoms with van der Waals surface area (Å²) < 4.78 is 11.3. The Labute approximate surface area is 191 Å². The molecular formula is C26H37NO5. The second kappa shape index (κ2) is 8.72. The molecule has 0 N–H and O–H groups in total. The van der Waals surface area contributed by atoms with Crippen molar-refractivity contribution >= 4 is 17.8 Å². The highest BCUT2D eigenvalue weighted by Gasteiger charge is 2.56. The van der Waals surface area contributed by atoms with Gasteiger partial charge in [-0.2, -0.15) is 0 Å². The van der Waals surface area contributed by atoms with Crippen LogP contribution in [0.4, 0.5) is 4.79 Å². The number of rotatable bonds is 0. The summed E-state index contributed by atoms with van der Waals surface area (Å²) in [6, 6.07) is -0.184. The number of carbonyl (C=O) groups is 3. The first-order valence-electron chi connectivity index (χ1n) is 12.3. The highest BCUT2D eigenvalue weighted by Crippen LogP contribution is 2.51. The van der Waals surface area contributed by atoms with E-state index >= 15 is 0 Å². The maximum atomic E-state index is 13.0. The molecule has 2 aliphatic heterocycles. The number of esters is 1. The molecule has 4 rings (SSSR count). The first-order valence-corrected chi connectivity index (χ1v) is 12.3. The van der Waals surface area contributed by atoms with Gasteiger partial charge in [-0.15, -0.1) is 0 Å². The topological polar surface area (TPSA) is 72.9 Å². The number of hydrogen-bond donors (Lipinski definition) is 0. The van der Waals surface area contributed by atoms with E-state index in [4.69, 9.17) is 9.47 Å². The van der Waals surface area contributed by atoms with Gasteiger partial charge in [-0.25, -0.2) is 4.79 Å². The molecule has 0 unspecified atom stereocenters. The molecule has 32 heavy (non-hydrogen) atoms. The molecule has 6 nitrogen and oxygen atoms in total. The Kier molecular flexibility index (Phi) is 6.31. The maximum Gasteiger partial charge on any atom is 0.411 e. The summed E-state index contributed by atoms with van der Waals surface area (Å²) in [5.74, 6) is 6.70. The molecule has 2 saturated heterocycles. The Hall–Kier alpha value is -2.03. The molecule has 1 amide bonds. The zero-order chi connectivity index (χ0) is 23.2. The van der Waals surface area contributed by atoms with Crippen molar-refractivity contribution in [3.8, 4) is 11.8 Å². The van der Waals surface area contributed by atoms with Crippen molar-refractivity contribution < 1.29 is 23.9 Å². The molecule has 0 spiro atoms. The molecule has 0 radical (unpaired) electrons. The van der Waals surface area contributed by atoms with E-state index in [1.54, 1.807) is 4.90 Å². The van der Waals surface area contributed by atoms with Crippen LogP contribution in [-0.4, -0.2) is 46.5 Å². The Bertz CT molecular complexity index is 833. The minimum absolute atomic E-state index is 0.0470. The molecule has 6 heteroatoms. The fourth-order valence-corrected chi connectivity index (χ4v) is 6.43. The van der Waals surface area contributed by atoms with Gasteiger partial charge in [0.25, 0.3) is 0 Å². The fourth-order valence-electron chi connectivity index (χ4n) is 6.43. The van der Waals surface area contributed by atoms with Crippen LogP contribution in [0, 0.1) is 41.4 Å². The lowest BCUT2D eigenvalue weighted by Crippen LogP contribution is -2.50. The maximum absolute atomic E-state index is 13.0. The lowest BCUT2D eigenvalue weighted by molar-refractivity contribution is -0.145. The molecule has 4 fully saturated rings. The first kappa shape index (κ1) is 23.1. The number of ether oxygens (including phenoxy) is 2. The van der Waals surface area contributed by atoms with Crippen molar-refractivity contribution in [2.75, 3.05) is 0 Å². The molecule has 2 saturated carbocycles. The van der Waals surface area contributed by atoms with E-state index in [0.717, 1.165) is 38.5 Å². The van der Waals surface area contributed by atoms with E-state index in [0.29, 0.717) is 6.42 Å². The highest BCUT2D eigenvalue weighted by molar-refractivity contribution is 5.84. The fraction of sp³-hybridized carbons (Fsp3) is 0.808. The van der Waals surface area contributed by atoms with Crippen LogP contribution in [0.1, 0.15) is 79.6 Å². The van der Waals surface area contributed by atoms with Crippen molar-refractivity contribution in [3.05, 3.63) is 0 Å². The third-order valence-electron chi connectivity index (χ3n) is 7.78. The first-order chi connectivity index (χ1) is 15.1. The SMILES string of the molecule is C[C@@H]1OC(=O)[C@H]2C[C@H]3CCCC(=O)[C@@H]3[C@@H](C#C[C@H]3CCC[C@H](C)N3C(=O)OC(C)(C)C)[C@@H]12. The number of fused-ring (bicyclic) bond motifs is 2. The van der Waals surface area contributed by atoms with Gasteiger partial charge in [0.15, 0.2) is 0 Å². The van der Waals surface area contributed by atoms with Crippen LogP contribution < -0.4 is 0 Å². The van der Waals surface area contributed by atoms with E-state index in [1.165, 1.54) is 0 Å². The summed E-state index contributed by atoms with van der Waals surface area (Å²) in [6.45, 7) is 9.59. The molecule has 2 heterocycles. The predicted octanol–water partition coefficient (Wildman–Crippen LogP) is 4.35.